The third-order valence-corrected chi connectivity index (χ3v) is 5.75. The van der Waals surface area contributed by atoms with Gasteiger partial charge in [0.25, 0.3) is 0 Å². The van der Waals surface area contributed by atoms with Crippen molar-refractivity contribution in [3.8, 4) is 0 Å². The van der Waals surface area contributed by atoms with E-state index in [1.165, 1.54) is 28.1 Å². The maximum absolute atomic E-state index is 4.88. The molecule has 1 aromatic heterocycles. The van der Waals surface area contributed by atoms with Crippen molar-refractivity contribution < 1.29 is 0 Å². The topological polar surface area (TPSA) is 37.6 Å². The Morgan fingerprint density at radius 1 is 0.875 bits per heavy atom. The minimum absolute atomic E-state index is 0.0416. The molecular weight excluding hydrogens is 294 g/mol. The van der Waals surface area contributed by atoms with Gasteiger partial charge in [0, 0.05) is 46.6 Å². The number of pyridine rings is 1. The second-order valence-electron chi connectivity index (χ2n) is 7.93. The molecule has 24 heavy (non-hydrogen) atoms. The Kier molecular flexibility index (Phi) is 3.08. The van der Waals surface area contributed by atoms with E-state index in [-0.39, 0.29) is 10.8 Å². The highest BCUT2D eigenvalue weighted by Crippen LogP contribution is 2.42. The average molecular weight is 317 g/mol. The largest absolute Gasteiger partial charge is 0.264 e. The lowest BCUT2D eigenvalue weighted by molar-refractivity contribution is 0.720. The van der Waals surface area contributed by atoms with Gasteiger partial charge in [0.05, 0.1) is 11.4 Å². The van der Waals surface area contributed by atoms with Gasteiger partial charge in [-0.3, -0.25) is 15.0 Å². The van der Waals surface area contributed by atoms with Crippen molar-refractivity contribution in [2.45, 2.75) is 51.9 Å². The Bertz CT molecular complexity index is 901. The summed E-state index contributed by atoms with van der Waals surface area (Å²) in [5.41, 5.74) is 8.35. The molecule has 3 nitrogen and oxygen atoms in total. The minimum Gasteiger partial charge on any atom is -0.264 e. The molecule has 4 rings (SSSR count). The molecule has 0 saturated heterocycles. The maximum Gasteiger partial charge on any atom is 0.0701 e. The predicted octanol–water partition coefficient (Wildman–Crippen LogP) is 5.07. The molecule has 1 aromatic carbocycles. The second kappa shape index (κ2) is 4.85. The molecule has 3 heteroatoms. The number of aliphatic imine (C=N–C) groups is 2. The van der Waals surface area contributed by atoms with Gasteiger partial charge in [-0.2, -0.15) is 0 Å². The maximum atomic E-state index is 4.88. The van der Waals surface area contributed by atoms with Crippen LogP contribution in [0.2, 0.25) is 0 Å². The Labute approximate surface area is 143 Å². The van der Waals surface area contributed by atoms with Crippen molar-refractivity contribution >= 4 is 22.8 Å². The molecule has 2 aliphatic heterocycles. The third kappa shape index (κ3) is 2.07. The first kappa shape index (κ1) is 15.3. The molecule has 0 atom stereocenters. The van der Waals surface area contributed by atoms with Crippen molar-refractivity contribution in [2.24, 2.45) is 9.98 Å². The Hall–Kier alpha value is -2.29. The van der Waals surface area contributed by atoms with Gasteiger partial charge in [-0.1, -0.05) is 39.8 Å². The van der Waals surface area contributed by atoms with E-state index in [9.17, 15) is 0 Å². The van der Waals surface area contributed by atoms with Crippen LogP contribution in [0.1, 0.15) is 51.3 Å². The summed E-state index contributed by atoms with van der Waals surface area (Å²) in [6.45, 7) is 11.1. The first-order valence-corrected chi connectivity index (χ1v) is 8.52. The molecule has 0 fully saturated rings. The van der Waals surface area contributed by atoms with Gasteiger partial charge in [0.2, 0.25) is 0 Å². The summed E-state index contributed by atoms with van der Waals surface area (Å²) in [6, 6.07) is 8.70. The zero-order valence-electron chi connectivity index (χ0n) is 15.0. The molecule has 0 radical (unpaired) electrons. The summed E-state index contributed by atoms with van der Waals surface area (Å²) in [5.74, 6) is 0. The fraction of sp³-hybridized carbons (Fsp3) is 0.381. The smallest absolute Gasteiger partial charge is 0.0701 e. The summed E-state index contributed by atoms with van der Waals surface area (Å²) in [7, 11) is 0. The van der Waals surface area contributed by atoms with Crippen LogP contribution in [0.3, 0.4) is 0 Å². The van der Waals surface area contributed by atoms with Gasteiger partial charge in [-0.05, 0) is 30.2 Å². The highest BCUT2D eigenvalue weighted by Gasteiger charge is 2.36. The molecular formula is C21H23N3. The van der Waals surface area contributed by atoms with E-state index < -0.39 is 0 Å². The summed E-state index contributed by atoms with van der Waals surface area (Å²) in [6.07, 6.45) is 4.62. The van der Waals surface area contributed by atoms with E-state index in [0.29, 0.717) is 0 Å². The zero-order chi connectivity index (χ0) is 17.1. The van der Waals surface area contributed by atoms with Crippen LogP contribution in [0, 0.1) is 0 Å². The SMILES string of the molecule is CC1=Nc2cc(CC3=Nc4ccncc4C3(C)C)ccc2C1(C)C. The van der Waals surface area contributed by atoms with Gasteiger partial charge < -0.3 is 0 Å². The lowest BCUT2D eigenvalue weighted by Crippen LogP contribution is -2.27. The van der Waals surface area contributed by atoms with Crippen LogP contribution in [-0.4, -0.2) is 16.4 Å². The lowest BCUT2D eigenvalue weighted by atomic mass is 9.79. The van der Waals surface area contributed by atoms with E-state index in [0.717, 1.165) is 17.8 Å². The fourth-order valence-corrected chi connectivity index (χ4v) is 3.68. The van der Waals surface area contributed by atoms with Crippen LogP contribution in [0.5, 0.6) is 0 Å². The Morgan fingerprint density at radius 3 is 2.42 bits per heavy atom. The minimum atomic E-state index is -0.0684. The number of aromatic nitrogens is 1. The van der Waals surface area contributed by atoms with Crippen LogP contribution in [0.25, 0.3) is 0 Å². The van der Waals surface area contributed by atoms with Crippen molar-refractivity contribution in [2.75, 3.05) is 0 Å². The molecule has 2 aromatic rings. The Morgan fingerprint density at radius 2 is 1.67 bits per heavy atom. The van der Waals surface area contributed by atoms with Crippen LogP contribution in [-0.2, 0) is 17.3 Å². The van der Waals surface area contributed by atoms with Gasteiger partial charge >= 0.3 is 0 Å². The van der Waals surface area contributed by atoms with Gasteiger partial charge in [-0.15, -0.1) is 0 Å². The van der Waals surface area contributed by atoms with E-state index in [1.807, 2.05) is 18.5 Å². The molecule has 0 aliphatic carbocycles. The quantitative estimate of drug-likeness (QED) is 0.761. The van der Waals surface area contributed by atoms with Crippen LogP contribution in [0.4, 0.5) is 11.4 Å². The summed E-state index contributed by atoms with van der Waals surface area (Å²) in [4.78, 5) is 13.9. The van der Waals surface area contributed by atoms with E-state index >= 15 is 0 Å². The highest BCUT2D eigenvalue weighted by molar-refractivity contribution is 6.03. The van der Waals surface area contributed by atoms with Crippen molar-refractivity contribution in [1.29, 1.82) is 0 Å². The molecule has 0 bridgehead atoms. The van der Waals surface area contributed by atoms with Crippen LogP contribution < -0.4 is 0 Å². The number of nitrogens with zero attached hydrogens (tertiary/aromatic N) is 3. The van der Waals surface area contributed by atoms with Gasteiger partial charge in [0.15, 0.2) is 0 Å². The summed E-state index contributed by atoms with van der Waals surface area (Å²) < 4.78 is 0. The van der Waals surface area contributed by atoms with Gasteiger partial charge in [-0.25, -0.2) is 0 Å². The Balaban J connectivity index is 1.68. The monoisotopic (exact) mass is 317 g/mol. The zero-order valence-corrected chi connectivity index (χ0v) is 15.0. The standard InChI is InChI=1S/C21H23N3/c1-13-20(2,3)15-7-6-14(10-18(15)23-13)11-19-21(4,5)16-12-22-9-8-17(16)24-19/h6-10,12H,11H2,1-5H3. The van der Waals surface area contributed by atoms with Crippen LogP contribution >= 0.6 is 0 Å². The molecule has 0 amide bonds. The summed E-state index contributed by atoms with van der Waals surface area (Å²) in [5, 5.41) is 0. The van der Waals surface area contributed by atoms with Crippen LogP contribution in [0.15, 0.2) is 46.6 Å². The number of benzene rings is 1. The average Bonchev–Trinajstić information content (AvgIpc) is 2.91. The normalized spacial score (nSPS) is 19.5. The molecule has 2 aliphatic rings. The first-order chi connectivity index (χ1) is 11.3. The van der Waals surface area contributed by atoms with E-state index in [2.05, 4.69) is 57.8 Å². The van der Waals surface area contributed by atoms with E-state index in [4.69, 9.17) is 9.98 Å². The molecule has 0 spiro atoms. The predicted molar refractivity (Wildman–Crippen MR) is 100 cm³/mol. The highest BCUT2D eigenvalue weighted by atomic mass is 14.8. The number of rotatable bonds is 2. The molecule has 3 heterocycles. The number of hydrogen-bond donors (Lipinski definition) is 0. The second-order valence-corrected chi connectivity index (χ2v) is 7.93. The van der Waals surface area contributed by atoms with Crippen molar-refractivity contribution in [1.82, 2.24) is 4.98 Å². The number of hydrogen-bond acceptors (Lipinski definition) is 3. The summed E-state index contributed by atoms with van der Waals surface area (Å²) >= 11 is 0. The third-order valence-electron chi connectivity index (χ3n) is 5.75. The molecule has 0 N–H and O–H groups in total. The number of fused-ring (bicyclic) bond motifs is 2. The molecule has 0 saturated carbocycles. The lowest BCUT2D eigenvalue weighted by Gasteiger charge is -2.23. The fourth-order valence-electron chi connectivity index (χ4n) is 3.68. The van der Waals surface area contributed by atoms with Crippen molar-refractivity contribution in [3.63, 3.8) is 0 Å². The first-order valence-electron chi connectivity index (χ1n) is 8.52. The van der Waals surface area contributed by atoms with E-state index in [1.54, 1.807) is 0 Å². The van der Waals surface area contributed by atoms with Gasteiger partial charge in [0.1, 0.15) is 0 Å². The molecule has 122 valence electrons. The molecule has 0 unspecified atom stereocenters. The van der Waals surface area contributed by atoms with Crippen molar-refractivity contribution in [3.05, 3.63) is 53.3 Å².